The van der Waals surface area contributed by atoms with Gasteiger partial charge in [0.05, 0.1) is 6.54 Å². The Morgan fingerprint density at radius 2 is 2.00 bits per heavy atom. The summed E-state index contributed by atoms with van der Waals surface area (Å²) >= 11 is 0. The highest BCUT2D eigenvalue weighted by atomic mass is 16.3. The van der Waals surface area contributed by atoms with Crippen LogP contribution in [0.4, 0.5) is 5.69 Å². The van der Waals surface area contributed by atoms with E-state index in [2.05, 4.69) is 36.9 Å². The average Bonchev–Trinajstić information content (AvgIpc) is 2.76. The van der Waals surface area contributed by atoms with Crippen molar-refractivity contribution in [2.45, 2.75) is 20.4 Å². The molecule has 0 N–H and O–H groups in total. The molecule has 0 amide bonds. The van der Waals surface area contributed by atoms with Crippen LogP contribution in [0, 0.1) is 13.8 Å². The van der Waals surface area contributed by atoms with E-state index in [-0.39, 0.29) is 0 Å². The van der Waals surface area contributed by atoms with Gasteiger partial charge in [0.1, 0.15) is 5.76 Å². The number of aldehydes is 1. The summed E-state index contributed by atoms with van der Waals surface area (Å²) in [5.74, 6) is 1.17. The molecule has 0 aliphatic heterocycles. The third kappa shape index (κ3) is 2.62. The first-order valence-electron chi connectivity index (χ1n) is 5.92. The van der Waals surface area contributed by atoms with Gasteiger partial charge in [-0.05, 0) is 37.6 Å². The minimum absolute atomic E-state index is 0.374. The van der Waals surface area contributed by atoms with Crippen LogP contribution in [-0.2, 0) is 6.54 Å². The van der Waals surface area contributed by atoms with Crippen molar-refractivity contribution in [3.63, 3.8) is 0 Å². The van der Waals surface area contributed by atoms with Crippen LogP contribution >= 0.6 is 0 Å². The molecule has 94 valence electrons. The first-order chi connectivity index (χ1) is 8.60. The zero-order valence-corrected chi connectivity index (χ0v) is 10.9. The van der Waals surface area contributed by atoms with Gasteiger partial charge in [-0.1, -0.05) is 17.7 Å². The van der Waals surface area contributed by atoms with E-state index in [0.717, 1.165) is 12.0 Å². The predicted molar refractivity (Wildman–Crippen MR) is 72.1 cm³/mol. The second-order valence-corrected chi connectivity index (χ2v) is 4.57. The van der Waals surface area contributed by atoms with Crippen LogP contribution in [0.15, 0.2) is 34.7 Å². The fourth-order valence-corrected chi connectivity index (χ4v) is 2.10. The molecule has 0 radical (unpaired) electrons. The Hall–Kier alpha value is -2.03. The highest BCUT2D eigenvalue weighted by molar-refractivity contribution is 5.70. The lowest BCUT2D eigenvalue weighted by Gasteiger charge is -2.20. The number of anilines is 1. The molecule has 3 nitrogen and oxygen atoms in total. The normalized spacial score (nSPS) is 10.4. The van der Waals surface area contributed by atoms with Crippen molar-refractivity contribution in [3.05, 3.63) is 53.0 Å². The number of carbonyl (C=O) groups is 1. The molecular formula is C15H17NO2. The Morgan fingerprint density at radius 3 is 2.61 bits per heavy atom. The number of rotatable bonds is 4. The molecular weight excluding hydrogens is 226 g/mol. The first kappa shape index (κ1) is 12.4. The molecule has 3 heteroatoms. The highest BCUT2D eigenvalue weighted by Gasteiger charge is 2.08. The number of hydrogen-bond acceptors (Lipinski definition) is 3. The van der Waals surface area contributed by atoms with E-state index in [1.165, 1.54) is 16.8 Å². The van der Waals surface area contributed by atoms with E-state index in [1.807, 2.05) is 13.1 Å². The molecule has 0 fully saturated rings. The summed E-state index contributed by atoms with van der Waals surface area (Å²) in [4.78, 5) is 12.7. The van der Waals surface area contributed by atoms with Crippen LogP contribution in [0.3, 0.4) is 0 Å². The molecule has 18 heavy (non-hydrogen) atoms. The molecule has 0 spiro atoms. The SMILES string of the molecule is Cc1ccc(N(C)Cc2ccc(C=O)o2)c(C)c1. The zero-order chi connectivity index (χ0) is 13.1. The second-order valence-electron chi connectivity index (χ2n) is 4.57. The minimum atomic E-state index is 0.374. The van der Waals surface area contributed by atoms with Crippen LogP contribution < -0.4 is 4.90 Å². The van der Waals surface area contributed by atoms with Gasteiger partial charge in [-0.15, -0.1) is 0 Å². The summed E-state index contributed by atoms with van der Waals surface area (Å²) in [6, 6.07) is 9.89. The van der Waals surface area contributed by atoms with Gasteiger partial charge in [-0.3, -0.25) is 4.79 Å². The summed E-state index contributed by atoms with van der Waals surface area (Å²) in [5.41, 5.74) is 3.66. The van der Waals surface area contributed by atoms with Gasteiger partial charge < -0.3 is 9.32 Å². The van der Waals surface area contributed by atoms with Gasteiger partial charge in [-0.25, -0.2) is 0 Å². The molecule has 0 aliphatic rings. The van der Waals surface area contributed by atoms with Crippen molar-refractivity contribution in [2.75, 3.05) is 11.9 Å². The summed E-state index contributed by atoms with van der Waals surface area (Å²) in [6.45, 7) is 4.83. The molecule has 2 aromatic rings. The smallest absolute Gasteiger partial charge is 0.185 e. The van der Waals surface area contributed by atoms with E-state index in [1.54, 1.807) is 6.07 Å². The van der Waals surface area contributed by atoms with Gasteiger partial charge >= 0.3 is 0 Å². The minimum Gasteiger partial charge on any atom is -0.456 e. The molecule has 2 rings (SSSR count). The van der Waals surface area contributed by atoms with E-state index < -0.39 is 0 Å². The van der Waals surface area contributed by atoms with Crippen molar-refractivity contribution in [2.24, 2.45) is 0 Å². The van der Waals surface area contributed by atoms with Crippen molar-refractivity contribution >= 4 is 12.0 Å². The van der Waals surface area contributed by atoms with E-state index >= 15 is 0 Å². The van der Waals surface area contributed by atoms with Crippen LogP contribution in [0.5, 0.6) is 0 Å². The molecule has 0 atom stereocenters. The fourth-order valence-electron chi connectivity index (χ4n) is 2.10. The topological polar surface area (TPSA) is 33.5 Å². The van der Waals surface area contributed by atoms with Gasteiger partial charge in [0.2, 0.25) is 0 Å². The van der Waals surface area contributed by atoms with Crippen LogP contribution in [0.25, 0.3) is 0 Å². The molecule has 0 unspecified atom stereocenters. The fraction of sp³-hybridized carbons (Fsp3) is 0.267. The third-order valence-electron chi connectivity index (χ3n) is 2.96. The summed E-state index contributed by atoms with van der Waals surface area (Å²) in [6.07, 6.45) is 0.723. The Bertz CT molecular complexity index is 557. The van der Waals surface area contributed by atoms with Gasteiger partial charge in [-0.2, -0.15) is 0 Å². The quantitative estimate of drug-likeness (QED) is 0.772. The van der Waals surface area contributed by atoms with Crippen molar-refractivity contribution in [3.8, 4) is 0 Å². The average molecular weight is 243 g/mol. The lowest BCUT2D eigenvalue weighted by atomic mass is 10.1. The number of benzene rings is 1. The van der Waals surface area contributed by atoms with Crippen LogP contribution in [0.1, 0.15) is 27.4 Å². The monoisotopic (exact) mass is 243 g/mol. The standard InChI is InChI=1S/C15H17NO2/c1-11-4-7-15(12(2)8-11)16(3)9-13-5-6-14(10-17)18-13/h4-8,10H,9H2,1-3H3. The Morgan fingerprint density at radius 1 is 1.22 bits per heavy atom. The maximum Gasteiger partial charge on any atom is 0.185 e. The summed E-state index contributed by atoms with van der Waals surface area (Å²) in [5, 5.41) is 0. The second kappa shape index (κ2) is 5.08. The lowest BCUT2D eigenvalue weighted by Crippen LogP contribution is -2.17. The number of furan rings is 1. The molecule has 0 saturated carbocycles. The molecule has 1 aromatic carbocycles. The Labute approximate surface area is 107 Å². The predicted octanol–water partition coefficient (Wildman–Crippen LogP) is 3.35. The molecule has 1 heterocycles. The number of nitrogens with zero attached hydrogens (tertiary/aromatic N) is 1. The van der Waals surface area contributed by atoms with Crippen molar-refractivity contribution in [1.29, 1.82) is 0 Å². The number of hydrogen-bond donors (Lipinski definition) is 0. The molecule has 0 saturated heterocycles. The van der Waals surface area contributed by atoms with Gasteiger partial charge in [0.25, 0.3) is 0 Å². The first-order valence-corrected chi connectivity index (χ1v) is 5.92. The van der Waals surface area contributed by atoms with Crippen molar-refractivity contribution < 1.29 is 9.21 Å². The molecule has 0 bridgehead atoms. The Balaban J connectivity index is 2.16. The van der Waals surface area contributed by atoms with Crippen LogP contribution in [0.2, 0.25) is 0 Å². The highest BCUT2D eigenvalue weighted by Crippen LogP contribution is 2.22. The lowest BCUT2D eigenvalue weighted by molar-refractivity contribution is 0.109. The number of aryl methyl sites for hydroxylation is 2. The maximum atomic E-state index is 10.6. The van der Waals surface area contributed by atoms with E-state index in [4.69, 9.17) is 4.42 Å². The van der Waals surface area contributed by atoms with E-state index in [0.29, 0.717) is 12.3 Å². The maximum absolute atomic E-state index is 10.6. The number of carbonyl (C=O) groups excluding carboxylic acids is 1. The van der Waals surface area contributed by atoms with E-state index in [9.17, 15) is 4.79 Å². The molecule has 0 aliphatic carbocycles. The Kier molecular flexibility index (Phi) is 3.51. The largest absolute Gasteiger partial charge is 0.456 e. The third-order valence-corrected chi connectivity index (χ3v) is 2.96. The van der Waals surface area contributed by atoms with Gasteiger partial charge in [0.15, 0.2) is 12.0 Å². The van der Waals surface area contributed by atoms with Gasteiger partial charge in [0, 0.05) is 12.7 Å². The van der Waals surface area contributed by atoms with Crippen LogP contribution in [-0.4, -0.2) is 13.3 Å². The summed E-state index contributed by atoms with van der Waals surface area (Å²) < 4.78 is 5.38. The molecule has 1 aromatic heterocycles. The summed E-state index contributed by atoms with van der Waals surface area (Å²) in [7, 11) is 2.01. The van der Waals surface area contributed by atoms with Crippen molar-refractivity contribution in [1.82, 2.24) is 0 Å². The zero-order valence-electron chi connectivity index (χ0n) is 10.9.